The summed E-state index contributed by atoms with van der Waals surface area (Å²) in [6.45, 7) is 0.121. The third-order valence-electron chi connectivity index (χ3n) is 2.38. The molecule has 0 aliphatic heterocycles. The molecule has 7 heteroatoms. The lowest BCUT2D eigenvalue weighted by Gasteiger charge is -2.13. The van der Waals surface area contributed by atoms with Gasteiger partial charge in [0.05, 0.1) is 17.8 Å². The molecule has 0 amide bonds. The standard InChI is InChI=1S/C12H11F3N4/c13-12(14,15)8-3-1-2-4-9(8)18-10-5-6-17-11(7-16)19-10/h1-6H,7,16H2,(H,17,18,19). The molecule has 0 atom stereocenters. The van der Waals surface area contributed by atoms with Crippen molar-refractivity contribution >= 4 is 11.5 Å². The Bertz CT molecular complexity index is 569. The highest BCUT2D eigenvalue weighted by Gasteiger charge is 2.33. The molecule has 0 radical (unpaired) electrons. The number of rotatable bonds is 3. The molecule has 2 aromatic rings. The molecular weight excluding hydrogens is 257 g/mol. The predicted octanol–water partition coefficient (Wildman–Crippen LogP) is 2.70. The van der Waals surface area contributed by atoms with Gasteiger partial charge < -0.3 is 11.1 Å². The van der Waals surface area contributed by atoms with Crippen molar-refractivity contribution in [3.63, 3.8) is 0 Å². The van der Waals surface area contributed by atoms with Gasteiger partial charge in [-0.3, -0.25) is 0 Å². The zero-order valence-corrected chi connectivity index (χ0v) is 9.78. The number of alkyl halides is 3. The van der Waals surface area contributed by atoms with Crippen LogP contribution >= 0.6 is 0 Å². The Hall–Kier alpha value is -2.15. The second-order valence-electron chi connectivity index (χ2n) is 3.73. The summed E-state index contributed by atoms with van der Waals surface area (Å²) in [5.74, 6) is 0.627. The van der Waals surface area contributed by atoms with Gasteiger partial charge in [-0.2, -0.15) is 13.2 Å². The lowest BCUT2D eigenvalue weighted by atomic mass is 10.1. The molecule has 2 rings (SSSR count). The zero-order valence-electron chi connectivity index (χ0n) is 9.78. The molecule has 0 fully saturated rings. The van der Waals surface area contributed by atoms with E-state index in [0.29, 0.717) is 5.82 Å². The summed E-state index contributed by atoms with van der Waals surface area (Å²) in [4.78, 5) is 7.87. The molecule has 0 bridgehead atoms. The molecule has 0 saturated carbocycles. The van der Waals surface area contributed by atoms with Gasteiger partial charge in [0.2, 0.25) is 0 Å². The maximum Gasteiger partial charge on any atom is 0.418 e. The number of nitrogens with two attached hydrogens (primary N) is 1. The summed E-state index contributed by atoms with van der Waals surface area (Å²) in [6.07, 6.45) is -2.99. The van der Waals surface area contributed by atoms with E-state index >= 15 is 0 Å². The average molecular weight is 268 g/mol. The number of nitrogens with one attached hydrogen (secondary N) is 1. The van der Waals surface area contributed by atoms with Gasteiger partial charge in [0.25, 0.3) is 0 Å². The maximum atomic E-state index is 12.8. The van der Waals surface area contributed by atoms with E-state index in [2.05, 4.69) is 15.3 Å². The molecule has 0 unspecified atom stereocenters. The first kappa shape index (κ1) is 13.3. The molecule has 0 aliphatic rings. The quantitative estimate of drug-likeness (QED) is 0.898. The highest BCUT2D eigenvalue weighted by Crippen LogP contribution is 2.35. The third kappa shape index (κ3) is 3.19. The summed E-state index contributed by atoms with van der Waals surface area (Å²) in [6, 6.07) is 6.68. The Labute approximate surface area is 107 Å². The van der Waals surface area contributed by atoms with Gasteiger partial charge in [0.1, 0.15) is 11.6 Å². The lowest BCUT2D eigenvalue weighted by molar-refractivity contribution is -0.136. The van der Waals surface area contributed by atoms with Crippen LogP contribution in [0.4, 0.5) is 24.7 Å². The van der Waals surface area contributed by atoms with Gasteiger partial charge in [-0.15, -0.1) is 0 Å². The van der Waals surface area contributed by atoms with E-state index in [4.69, 9.17) is 5.73 Å². The van der Waals surface area contributed by atoms with Crippen molar-refractivity contribution in [2.75, 3.05) is 5.32 Å². The lowest BCUT2D eigenvalue weighted by Crippen LogP contribution is -2.10. The average Bonchev–Trinajstić information content (AvgIpc) is 2.38. The molecule has 0 saturated heterocycles. The molecule has 100 valence electrons. The van der Waals surface area contributed by atoms with Gasteiger partial charge in [-0.25, -0.2) is 9.97 Å². The summed E-state index contributed by atoms with van der Waals surface area (Å²) in [7, 11) is 0. The van der Waals surface area contributed by atoms with Crippen LogP contribution in [0.5, 0.6) is 0 Å². The van der Waals surface area contributed by atoms with Crippen molar-refractivity contribution in [1.29, 1.82) is 0 Å². The second kappa shape index (κ2) is 5.23. The smallest absolute Gasteiger partial charge is 0.340 e. The SMILES string of the molecule is NCc1nccc(Nc2ccccc2C(F)(F)F)n1. The van der Waals surface area contributed by atoms with Crippen LogP contribution in [0.15, 0.2) is 36.5 Å². The first-order valence-electron chi connectivity index (χ1n) is 5.46. The van der Waals surface area contributed by atoms with Gasteiger partial charge in [-0.05, 0) is 18.2 Å². The van der Waals surface area contributed by atoms with E-state index in [1.54, 1.807) is 0 Å². The molecule has 3 N–H and O–H groups in total. The fraction of sp³-hybridized carbons (Fsp3) is 0.167. The highest BCUT2D eigenvalue weighted by atomic mass is 19.4. The third-order valence-corrected chi connectivity index (χ3v) is 2.38. The molecule has 19 heavy (non-hydrogen) atoms. The largest absolute Gasteiger partial charge is 0.418 e. The van der Waals surface area contributed by atoms with E-state index in [-0.39, 0.29) is 18.1 Å². The van der Waals surface area contributed by atoms with Gasteiger partial charge in [0, 0.05) is 6.20 Å². The van der Waals surface area contributed by atoms with Gasteiger partial charge >= 0.3 is 6.18 Å². The van der Waals surface area contributed by atoms with Crippen LogP contribution in [0.1, 0.15) is 11.4 Å². The minimum atomic E-state index is -4.42. The van der Waals surface area contributed by atoms with Crippen molar-refractivity contribution in [2.24, 2.45) is 5.73 Å². The fourth-order valence-corrected chi connectivity index (χ4v) is 1.54. The predicted molar refractivity (Wildman–Crippen MR) is 64.7 cm³/mol. The number of anilines is 2. The van der Waals surface area contributed by atoms with E-state index in [1.165, 1.54) is 30.5 Å². The zero-order chi connectivity index (χ0) is 13.9. The van der Waals surface area contributed by atoms with Crippen molar-refractivity contribution in [2.45, 2.75) is 12.7 Å². The van der Waals surface area contributed by atoms with Gasteiger partial charge in [-0.1, -0.05) is 12.1 Å². The molecule has 1 aromatic carbocycles. The van der Waals surface area contributed by atoms with Crippen molar-refractivity contribution < 1.29 is 13.2 Å². The molecule has 1 heterocycles. The number of nitrogens with zero attached hydrogens (tertiary/aromatic N) is 2. The Morgan fingerprint density at radius 2 is 1.89 bits per heavy atom. The maximum absolute atomic E-state index is 12.8. The Morgan fingerprint density at radius 1 is 1.16 bits per heavy atom. The molecular formula is C12H11F3N4. The summed E-state index contributed by atoms with van der Waals surface area (Å²) in [5, 5.41) is 2.63. The number of halogens is 3. The van der Waals surface area contributed by atoms with Crippen molar-refractivity contribution in [3.8, 4) is 0 Å². The number of aromatic nitrogens is 2. The van der Waals surface area contributed by atoms with E-state index < -0.39 is 11.7 Å². The van der Waals surface area contributed by atoms with Crippen molar-refractivity contribution in [3.05, 3.63) is 47.9 Å². The highest BCUT2D eigenvalue weighted by molar-refractivity contribution is 5.61. The summed E-state index contributed by atoms with van der Waals surface area (Å²) < 4.78 is 38.4. The minimum absolute atomic E-state index is 0.0586. The number of hydrogen-bond donors (Lipinski definition) is 2. The molecule has 0 aliphatic carbocycles. The van der Waals surface area contributed by atoms with Crippen LogP contribution in [0, 0.1) is 0 Å². The van der Waals surface area contributed by atoms with Crippen LogP contribution in [0.25, 0.3) is 0 Å². The van der Waals surface area contributed by atoms with Crippen LogP contribution in [0.3, 0.4) is 0 Å². The number of para-hydroxylation sites is 1. The minimum Gasteiger partial charge on any atom is -0.340 e. The summed E-state index contributed by atoms with van der Waals surface area (Å²) in [5.41, 5.74) is 4.57. The first-order chi connectivity index (χ1) is 9.00. The second-order valence-corrected chi connectivity index (χ2v) is 3.73. The Morgan fingerprint density at radius 3 is 2.58 bits per heavy atom. The number of hydrogen-bond acceptors (Lipinski definition) is 4. The normalized spacial score (nSPS) is 11.4. The monoisotopic (exact) mass is 268 g/mol. The summed E-state index contributed by atoms with van der Waals surface area (Å²) >= 11 is 0. The van der Waals surface area contributed by atoms with Crippen molar-refractivity contribution in [1.82, 2.24) is 9.97 Å². The van der Waals surface area contributed by atoms with Crippen LogP contribution in [-0.2, 0) is 12.7 Å². The van der Waals surface area contributed by atoms with Crippen LogP contribution in [0.2, 0.25) is 0 Å². The number of benzene rings is 1. The van der Waals surface area contributed by atoms with E-state index in [1.807, 2.05) is 0 Å². The Kier molecular flexibility index (Phi) is 3.66. The first-order valence-corrected chi connectivity index (χ1v) is 5.46. The topological polar surface area (TPSA) is 63.8 Å². The van der Waals surface area contributed by atoms with Gasteiger partial charge in [0.15, 0.2) is 0 Å². The van der Waals surface area contributed by atoms with Crippen LogP contribution < -0.4 is 11.1 Å². The van der Waals surface area contributed by atoms with Crippen LogP contribution in [-0.4, -0.2) is 9.97 Å². The fourth-order valence-electron chi connectivity index (χ4n) is 1.54. The molecule has 4 nitrogen and oxygen atoms in total. The van der Waals surface area contributed by atoms with E-state index in [9.17, 15) is 13.2 Å². The molecule has 0 spiro atoms. The molecule has 1 aromatic heterocycles. The Balaban J connectivity index is 2.33. The van der Waals surface area contributed by atoms with E-state index in [0.717, 1.165) is 6.07 Å².